The average molecular weight is 334 g/mol. The number of amides is 2. The van der Waals surface area contributed by atoms with E-state index in [1.54, 1.807) is 4.90 Å². The molecule has 6 heteroatoms. The van der Waals surface area contributed by atoms with Crippen molar-refractivity contribution in [3.8, 4) is 0 Å². The van der Waals surface area contributed by atoms with E-state index in [-0.39, 0.29) is 24.8 Å². The minimum Gasteiger partial charge on any atom is -0.445 e. The van der Waals surface area contributed by atoms with Gasteiger partial charge in [-0.15, -0.1) is 0 Å². The minimum absolute atomic E-state index is 0.00760. The van der Waals surface area contributed by atoms with Crippen LogP contribution in [0.4, 0.5) is 9.59 Å². The summed E-state index contributed by atoms with van der Waals surface area (Å²) in [4.78, 5) is 25.7. The summed E-state index contributed by atoms with van der Waals surface area (Å²) in [6.45, 7) is 8.06. The lowest BCUT2D eigenvalue weighted by Crippen LogP contribution is -2.41. The van der Waals surface area contributed by atoms with Crippen molar-refractivity contribution >= 4 is 12.2 Å². The summed E-state index contributed by atoms with van der Waals surface area (Å²) in [5.41, 5.74) is 0.406. The van der Waals surface area contributed by atoms with Gasteiger partial charge in [-0.1, -0.05) is 30.3 Å². The van der Waals surface area contributed by atoms with Gasteiger partial charge in [0.1, 0.15) is 12.2 Å². The first-order chi connectivity index (χ1) is 11.2. The van der Waals surface area contributed by atoms with Crippen LogP contribution in [0.15, 0.2) is 30.3 Å². The van der Waals surface area contributed by atoms with Crippen LogP contribution in [0.1, 0.15) is 39.7 Å². The molecule has 0 saturated carbocycles. The molecule has 2 amide bonds. The van der Waals surface area contributed by atoms with Gasteiger partial charge in [0, 0.05) is 12.6 Å². The number of ether oxygens (including phenoxy) is 2. The van der Waals surface area contributed by atoms with Gasteiger partial charge < -0.3 is 19.7 Å². The third kappa shape index (κ3) is 5.44. The van der Waals surface area contributed by atoms with Crippen molar-refractivity contribution in [2.45, 2.75) is 58.4 Å². The van der Waals surface area contributed by atoms with Crippen LogP contribution in [0.2, 0.25) is 0 Å². The highest BCUT2D eigenvalue weighted by Gasteiger charge is 2.35. The molecular weight excluding hydrogens is 308 g/mol. The molecule has 2 atom stereocenters. The average Bonchev–Trinajstić information content (AvgIpc) is 2.84. The summed E-state index contributed by atoms with van der Waals surface area (Å²) >= 11 is 0. The molecule has 1 N–H and O–H groups in total. The SMILES string of the molecule is C[C@H]1C[C@H](NC(=O)OC(C)(C)C)CN1C(=O)OCc1ccccc1. The number of alkyl carbamates (subject to hydrolysis) is 1. The van der Waals surface area contributed by atoms with Gasteiger partial charge in [-0.25, -0.2) is 9.59 Å². The molecule has 1 aromatic rings. The summed E-state index contributed by atoms with van der Waals surface area (Å²) in [6, 6.07) is 9.43. The van der Waals surface area contributed by atoms with Crippen LogP contribution in [0.3, 0.4) is 0 Å². The Labute approximate surface area is 143 Å². The number of nitrogens with one attached hydrogen (secondary N) is 1. The molecule has 1 fully saturated rings. The fourth-order valence-corrected chi connectivity index (χ4v) is 2.67. The van der Waals surface area contributed by atoms with Crippen molar-refractivity contribution in [3.05, 3.63) is 35.9 Å². The third-order valence-corrected chi connectivity index (χ3v) is 3.74. The second-order valence-corrected chi connectivity index (χ2v) is 7.12. The zero-order valence-electron chi connectivity index (χ0n) is 14.7. The lowest BCUT2D eigenvalue weighted by atomic mass is 10.2. The van der Waals surface area contributed by atoms with Gasteiger partial charge in [0.05, 0.1) is 6.04 Å². The Kier molecular flexibility index (Phi) is 5.70. The van der Waals surface area contributed by atoms with Gasteiger partial charge in [0.15, 0.2) is 0 Å². The Bertz CT molecular complexity index is 568. The molecule has 0 unspecified atom stereocenters. The van der Waals surface area contributed by atoms with Crippen LogP contribution >= 0.6 is 0 Å². The highest BCUT2D eigenvalue weighted by atomic mass is 16.6. The van der Waals surface area contributed by atoms with Gasteiger partial charge in [-0.05, 0) is 39.7 Å². The number of likely N-dealkylation sites (tertiary alicyclic amines) is 1. The number of hydrogen-bond acceptors (Lipinski definition) is 4. The number of carbonyl (C=O) groups is 2. The summed E-state index contributed by atoms with van der Waals surface area (Å²) in [7, 11) is 0. The number of benzene rings is 1. The van der Waals surface area contributed by atoms with Gasteiger partial charge in [0.25, 0.3) is 0 Å². The highest BCUT2D eigenvalue weighted by Crippen LogP contribution is 2.19. The van der Waals surface area contributed by atoms with Crippen molar-refractivity contribution in [3.63, 3.8) is 0 Å². The molecule has 1 heterocycles. The number of hydrogen-bond donors (Lipinski definition) is 1. The van der Waals surface area contributed by atoms with E-state index in [1.807, 2.05) is 58.0 Å². The fourth-order valence-electron chi connectivity index (χ4n) is 2.67. The van der Waals surface area contributed by atoms with Crippen LogP contribution in [-0.4, -0.2) is 41.3 Å². The molecule has 132 valence electrons. The number of rotatable bonds is 3. The fraction of sp³-hybridized carbons (Fsp3) is 0.556. The van der Waals surface area contributed by atoms with E-state index in [0.29, 0.717) is 13.0 Å². The second kappa shape index (κ2) is 7.55. The largest absolute Gasteiger partial charge is 0.445 e. The molecule has 1 saturated heterocycles. The number of carbonyl (C=O) groups excluding carboxylic acids is 2. The molecule has 0 radical (unpaired) electrons. The number of nitrogens with zero attached hydrogens (tertiary/aromatic N) is 1. The normalized spacial score (nSPS) is 20.6. The van der Waals surface area contributed by atoms with E-state index < -0.39 is 11.7 Å². The van der Waals surface area contributed by atoms with Crippen LogP contribution in [0.5, 0.6) is 0 Å². The molecule has 0 bridgehead atoms. The molecule has 1 aliphatic rings. The van der Waals surface area contributed by atoms with Crippen molar-refractivity contribution in [2.75, 3.05) is 6.54 Å². The first-order valence-corrected chi connectivity index (χ1v) is 8.21. The molecule has 6 nitrogen and oxygen atoms in total. The maximum Gasteiger partial charge on any atom is 0.410 e. The minimum atomic E-state index is -0.539. The molecule has 1 aromatic carbocycles. The molecular formula is C18H26N2O4. The summed E-state index contributed by atoms with van der Waals surface area (Å²) in [5.74, 6) is 0. The molecule has 0 aliphatic carbocycles. The van der Waals surface area contributed by atoms with E-state index >= 15 is 0 Å². The van der Waals surface area contributed by atoms with E-state index in [4.69, 9.17) is 9.47 Å². The van der Waals surface area contributed by atoms with Gasteiger partial charge in [0.2, 0.25) is 0 Å². The smallest absolute Gasteiger partial charge is 0.410 e. The van der Waals surface area contributed by atoms with Gasteiger partial charge >= 0.3 is 12.2 Å². The molecule has 0 aromatic heterocycles. The summed E-state index contributed by atoms with van der Waals surface area (Å²) in [5, 5.41) is 2.81. The lowest BCUT2D eigenvalue weighted by Gasteiger charge is -2.22. The van der Waals surface area contributed by atoms with E-state index in [0.717, 1.165) is 5.56 Å². The van der Waals surface area contributed by atoms with Crippen LogP contribution in [0, 0.1) is 0 Å². The second-order valence-electron chi connectivity index (χ2n) is 7.12. The quantitative estimate of drug-likeness (QED) is 0.921. The van der Waals surface area contributed by atoms with E-state index in [2.05, 4.69) is 5.32 Å². The van der Waals surface area contributed by atoms with E-state index in [9.17, 15) is 9.59 Å². The van der Waals surface area contributed by atoms with Crippen LogP contribution in [0.25, 0.3) is 0 Å². The monoisotopic (exact) mass is 334 g/mol. The molecule has 24 heavy (non-hydrogen) atoms. The zero-order valence-corrected chi connectivity index (χ0v) is 14.7. The predicted molar refractivity (Wildman–Crippen MR) is 90.6 cm³/mol. The Morgan fingerprint density at radius 2 is 1.92 bits per heavy atom. The maximum absolute atomic E-state index is 12.2. The van der Waals surface area contributed by atoms with Crippen molar-refractivity contribution < 1.29 is 19.1 Å². The first kappa shape index (κ1) is 18.1. The Morgan fingerprint density at radius 3 is 2.54 bits per heavy atom. The summed E-state index contributed by atoms with van der Waals surface area (Å²) in [6.07, 6.45) is -0.140. The standard InChI is InChI=1S/C18H26N2O4/c1-13-10-15(19-16(21)24-18(2,3)4)11-20(13)17(22)23-12-14-8-6-5-7-9-14/h5-9,13,15H,10-12H2,1-4H3,(H,19,21)/t13-,15-/m0/s1. The lowest BCUT2D eigenvalue weighted by molar-refractivity contribution is 0.0502. The first-order valence-electron chi connectivity index (χ1n) is 8.21. The van der Waals surface area contributed by atoms with Crippen molar-refractivity contribution in [1.82, 2.24) is 10.2 Å². The highest BCUT2D eigenvalue weighted by molar-refractivity contribution is 5.70. The van der Waals surface area contributed by atoms with Crippen molar-refractivity contribution in [1.29, 1.82) is 0 Å². The Hall–Kier alpha value is -2.24. The van der Waals surface area contributed by atoms with Crippen LogP contribution in [-0.2, 0) is 16.1 Å². The van der Waals surface area contributed by atoms with Gasteiger partial charge in [-0.3, -0.25) is 0 Å². The maximum atomic E-state index is 12.2. The van der Waals surface area contributed by atoms with Gasteiger partial charge in [-0.2, -0.15) is 0 Å². The predicted octanol–water partition coefficient (Wildman–Crippen LogP) is 3.31. The van der Waals surface area contributed by atoms with E-state index in [1.165, 1.54) is 0 Å². The zero-order chi connectivity index (χ0) is 17.7. The Balaban J connectivity index is 1.82. The summed E-state index contributed by atoms with van der Waals surface area (Å²) < 4.78 is 10.6. The Morgan fingerprint density at radius 1 is 1.25 bits per heavy atom. The van der Waals surface area contributed by atoms with Crippen LogP contribution < -0.4 is 5.32 Å². The van der Waals surface area contributed by atoms with Crippen molar-refractivity contribution in [2.24, 2.45) is 0 Å². The molecule has 0 spiro atoms. The molecule has 1 aliphatic heterocycles. The molecule has 2 rings (SSSR count). The topological polar surface area (TPSA) is 67.9 Å². The third-order valence-electron chi connectivity index (χ3n) is 3.74.